The molecule has 0 amide bonds. The Morgan fingerprint density at radius 1 is 0.789 bits per heavy atom. The summed E-state index contributed by atoms with van der Waals surface area (Å²) < 4.78 is 87.4. The summed E-state index contributed by atoms with van der Waals surface area (Å²) in [7, 11) is 0. The van der Waals surface area contributed by atoms with Gasteiger partial charge in [0, 0.05) is 53.0 Å². The van der Waals surface area contributed by atoms with E-state index in [1.807, 2.05) is 12.1 Å². The first-order chi connectivity index (χ1) is 27.0. The second-order valence-corrected chi connectivity index (χ2v) is 16.1. The smallest absolute Gasteiger partial charge is 0.344 e. The van der Waals surface area contributed by atoms with Gasteiger partial charge in [-0.1, -0.05) is 87.5 Å². The lowest BCUT2D eigenvalue weighted by Crippen LogP contribution is -2.28. The zero-order chi connectivity index (χ0) is 40.9. The molecule has 298 valence electrons. The number of alkyl halides is 6. The Bertz CT molecular complexity index is 2350. The van der Waals surface area contributed by atoms with Crippen LogP contribution in [0.15, 0.2) is 114 Å². The number of allylic oxidation sites excluding steroid dienone is 8. The molecule has 3 aromatic carbocycles. The van der Waals surface area contributed by atoms with Crippen LogP contribution in [0.25, 0.3) is 17.0 Å². The van der Waals surface area contributed by atoms with Crippen LogP contribution in [0.4, 0.5) is 37.7 Å². The highest BCUT2D eigenvalue weighted by atomic mass is 19.4. The molecule has 1 aromatic heterocycles. The summed E-state index contributed by atoms with van der Waals surface area (Å²) in [5.41, 5.74) is 5.61. The molecule has 57 heavy (non-hydrogen) atoms. The number of hydrogen-bond donors (Lipinski definition) is 0. The maximum Gasteiger partial charge on any atom is 0.417 e. The van der Waals surface area contributed by atoms with Crippen molar-refractivity contribution in [1.29, 1.82) is 0 Å². The van der Waals surface area contributed by atoms with Crippen LogP contribution in [0, 0.1) is 0 Å². The summed E-state index contributed by atoms with van der Waals surface area (Å²) >= 11 is 0. The van der Waals surface area contributed by atoms with Crippen LogP contribution >= 0.6 is 0 Å². The van der Waals surface area contributed by atoms with Gasteiger partial charge in [0.15, 0.2) is 5.71 Å². The van der Waals surface area contributed by atoms with E-state index in [9.17, 15) is 26.3 Å². The average Bonchev–Trinajstić information content (AvgIpc) is 3.79. The van der Waals surface area contributed by atoms with Crippen molar-refractivity contribution in [2.45, 2.75) is 96.8 Å². The molecule has 2 aliphatic heterocycles. The fourth-order valence-electron chi connectivity index (χ4n) is 8.78. The summed E-state index contributed by atoms with van der Waals surface area (Å²) in [5.74, 6) is 0. The Kier molecular flexibility index (Phi) is 10.5. The van der Waals surface area contributed by atoms with Gasteiger partial charge in [0.1, 0.15) is 12.2 Å². The van der Waals surface area contributed by atoms with Gasteiger partial charge in [0.05, 0.1) is 28.4 Å². The highest BCUT2D eigenvalue weighted by molar-refractivity contribution is 6.03. The van der Waals surface area contributed by atoms with E-state index < -0.39 is 29.0 Å². The van der Waals surface area contributed by atoms with Gasteiger partial charge >= 0.3 is 12.4 Å². The van der Waals surface area contributed by atoms with Crippen molar-refractivity contribution in [2.75, 3.05) is 18.0 Å². The van der Waals surface area contributed by atoms with Gasteiger partial charge in [-0.3, -0.25) is 0 Å². The zero-order valence-electron chi connectivity index (χ0n) is 33.2. The third-order valence-electron chi connectivity index (χ3n) is 11.5. The highest BCUT2D eigenvalue weighted by Crippen LogP contribution is 2.48. The zero-order valence-corrected chi connectivity index (χ0v) is 33.2. The number of para-hydroxylation sites is 2. The monoisotopic (exact) mass is 784 g/mol. The van der Waals surface area contributed by atoms with E-state index in [0.717, 1.165) is 61.0 Å². The molecule has 0 bridgehead atoms. The molecule has 3 aliphatic rings. The van der Waals surface area contributed by atoms with Crippen LogP contribution in [0.3, 0.4) is 0 Å². The van der Waals surface area contributed by atoms with Gasteiger partial charge < -0.3 is 4.90 Å². The lowest BCUT2D eigenvalue weighted by Gasteiger charge is -2.27. The number of nitrogens with zero attached hydrogens (tertiary/aromatic N) is 5. The van der Waals surface area contributed by atoms with E-state index in [2.05, 4.69) is 122 Å². The minimum absolute atomic E-state index is 0.143. The molecule has 0 spiro atoms. The first kappa shape index (κ1) is 40.0. The summed E-state index contributed by atoms with van der Waals surface area (Å²) in [6.07, 6.45) is 3.97. The van der Waals surface area contributed by atoms with E-state index in [-0.39, 0.29) is 22.6 Å². The van der Waals surface area contributed by atoms with E-state index in [4.69, 9.17) is 0 Å². The molecule has 3 heterocycles. The Hall–Kier alpha value is -5.19. The number of aromatic nitrogens is 3. The quantitative estimate of drug-likeness (QED) is 0.125. The molecule has 0 atom stereocenters. The molecular weight excluding hydrogens is 737 g/mol. The molecular formula is C46H48F6N5+. The van der Waals surface area contributed by atoms with Crippen molar-refractivity contribution in [3.8, 4) is 11.3 Å². The molecule has 0 saturated carbocycles. The maximum absolute atomic E-state index is 14.3. The largest absolute Gasteiger partial charge is 0.417 e. The molecule has 0 N–H and O–H groups in total. The van der Waals surface area contributed by atoms with Gasteiger partial charge in [-0.2, -0.15) is 30.9 Å². The van der Waals surface area contributed by atoms with E-state index >= 15 is 0 Å². The summed E-state index contributed by atoms with van der Waals surface area (Å²) in [6, 6.07) is 18.4. The van der Waals surface area contributed by atoms with Crippen LogP contribution < -0.4 is 4.90 Å². The first-order valence-electron chi connectivity index (χ1n) is 19.6. The summed E-state index contributed by atoms with van der Waals surface area (Å²) in [4.78, 5) is 2.36. The lowest BCUT2D eigenvalue weighted by molar-refractivity contribution is -0.437. The number of benzene rings is 3. The van der Waals surface area contributed by atoms with Crippen LogP contribution in [0.1, 0.15) is 95.9 Å². The standard InChI is InChI=1S/C46H48F6N5/c1-7-26-55-38-18-11-9-16-34(38)43(3,4)40(55)24-20-30-14-13-15-31(21-25-41-44(5,6)35-17-10-12-19-39(35)56(41)27-8-2)42(30)57-29-37(53-54-57)33-23-22-32(45(47,48)49)28-36(33)46(50,51)52/h9-12,16-25,28-29H,7-8,13-15,26-27H2,1-6H3/q+1. The Labute approximate surface area is 330 Å². The van der Waals surface area contributed by atoms with E-state index in [1.54, 1.807) is 0 Å². The van der Waals surface area contributed by atoms with Gasteiger partial charge in [-0.05, 0) is 80.5 Å². The van der Waals surface area contributed by atoms with Gasteiger partial charge in [-0.15, -0.1) is 5.10 Å². The van der Waals surface area contributed by atoms with Gasteiger partial charge in [-0.25, -0.2) is 4.68 Å². The SMILES string of the molecule is CCCN1/C(=C/C=C2\CCCC(/C=C/C3=[N+](CCC)c4ccccc4C3(C)C)=C2n2cc(-c3ccc(C(F)(F)F)cc3C(F)(F)F)nn2)C(C)(C)c2ccccc21. The normalized spacial score (nSPS) is 19.4. The predicted molar refractivity (Wildman–Crippen MR) is 214 cm³/mol. The fraction of sp³-hybridized carbons (Fsp3) is 0.370. The molecule has 0 unspecified atom stereocenters. The minimum atomic E-state index is -5.06. The minimum Gasteiger partial charge on any atom is -0.344 e. The van der Waals surface area contributed by atoms with E-state index in [0.29, 0.717) is 24.6 Å². The van der Waals surface area contributed by atoms with Crippen molar-refractivity contribution < 1.29 is 30.9 Å². The van der Waals surface area contributed by atoms with Gasteiger partial charge in [0.2, 0.25) is 5.69 Å². The molecule has 4 aromatic rings. The lowest BCUT2D eigenvalue weighted by atomic mass is 9.81. The molecule has 1 aliphatic carbocycles. The van der Waals surface area contributed by atoms with Crippen molar-refractivity contribution in [2.24, 2.45) is 0 Å². The van der Waals surface area contributed by atoms with Crippen molar-refractivity contribution >= 4 is 22.8 Å². The van der Waals surface area contributed by atoms with Crippen LogP contribution in [-0.4, -0.2) is 38.4 Å². The third kappa shape index (κ3) is 7.30. The van der Waals surface area contributed by atoms with Crippen LogP contribution in [0.2, 0.25) is 0 Å². The number of rotatable bonds is 9. The van der Waals surface area contributed by atoms with Crippen LogP contribution in [-0.2, 0) is 23.2 Å². The van der Waals surface area contributed by atoms with E-state index in [1.165, 1.54) is 33.4 Å². The summed E-state index contributed by atoms with van der Waals surface area (Å²) in [6.45, 7) is 14.8. The third-order valence-corrected chi connectivity index (χ3v) is 11.5. The van der Waals surface area contributed by atoms with Crippen molar-refractivity contribution in [3.05, 3.63) is 136 Å². The molecule has 0 radical (unpaired) electrons. The number of hydrogen-bond acceptors (Lipinski definition) is 3. The second-order valence-electron chi connectivity index (χ2n) is 16.1. The van der Waals surface area contributed by atoms with Crippen LogP contribution in [0.5, 0.6) is 0 Å². The van der Waals surface area contributed by atoms with Crippen molar-refractivity contribution in [1.82, 2.24) is 15.0 Å². The number of halogens is 6. The molecule has 5 nitrogen and oxygen atoms in total. The first-order valence-corrected chi connectivity index (χ1v) is 19.6. The molecule has 7 rings (SSSR count). The number of anilines is 1. The summed E-state index contributed by atoms with van der Waals surface area (Å²) in [5, 5.41) is 8.53. The maximum atomic E-state index is 14.3. The van der Waals surface area contributed by atoms with Crippen molar-refractivity contribution in [3.63, 3.8) is 0 Å². The predicted octanol–water partition coefficient (Wildman–Crippen LogP) is 12.4. The molecule has 0 saturated heterocycles. The fourth-order valence-corrected chi connectivity index (χ4v) is 8.78. The Balaban J connectivity index is 1.39. The molecule has 11 heteroatoms. The van der Waals surface area contributed by atoms with Gasteiger partial charge in [0.25, 0.3) is 0 Å². The average molecular weight is 785 g/mol. The Morgan fingerprint density at radius 2 is 1.51 bits per heavy atom. The number of fused-ring (bicyclic) bond motifs is 2. The Morgan fingerprint density at radius 3 is 2.21 bits per heavy atom. The topological polar surface area (TPSA) is 37.0 Å². The molecule has 0 fully saturated rings. The highest BCUT2D eigenvalue weighted by Gasteiger charge is 2.44. The second kappa shape index (κ2) is 15.0.